The maximum absolute atomic E-state index is 5.70. The van der Waals surface area contributed by atoms with Gasteiger partial charge in [0.25, 0.3) is 0 Å². The molecule has 1 aromatic heterocycles. The fourth-order valence-corrected chi connectivity index (χ4v) is 1.20. The van der Waals surface area contributed by atoms with Crippen molar-refractivity contribution < 1.29 is 4.74 Å². The van der Waals surface area contributed by atoms with Gasteiger partial charge in [0, 0.05) is 13.6 Å². The lowest BCUT2D eigenvalue weighted by Crippen LogP contribution is -2.16. The highest BCUT2D eigenvalue weighted by Crippen LogP contribution is 2.10. The summed E-state index contributed by atoms with van der Waals surface area (Å²) in [6, 6.07) is 0.253. The Balaban J connectivity index is 2.44. The zero-order chi connectivity index (χ0) is 12.0. The molecule has 0 aliphatic heterocycles. The van der Waals surface area contributed by atoms with E-state index in [0.29, 0.717) is 12.6 Å². The molecule has 0 atom stereocenters. The molecule has 1 rings (SSSR count). The molecular formula is C9H16ClN5O. The molecule has 7 heteroatoms. The van der Waals surface area contributed by atoms with Crippen molar-refractivity contribution in [1.29, 1.82) is 0 Å². The number of halogens is 1. The Labute approximate surface area is 100 Å². The van der Waals surface area contributed by atoms with Crippen molar-refractivity contribution in [3.63, 3.8) is 0 Å². The summed E-state index contributed by atoms with van der Waals surface area (Å²) >= 11 is 5.70. The van der Waals surface area contributed by atoms with E-state index in [9.17, 15) is 0 Å². The molecule has 0 saturated carbocycles. The van der Waals surface area contributed by atoms with Gasteiger partial charge < -0.3 is 15.0 Å². The first-order valence-corrected chi connectivity index (χ1v) is 5.36. The van der Waals surface area contributed by atoms with Crippen LogP contribution >= 0.6 is 11.6 Å². The van der Waals surface area contributed by atoms with Gasteiger partial charge in [-0.15, -0.1) is 0 Å². The quantitative estimate of drug-likeness (QED) is 0.752. The summed E-state index contributed by atoms with van der Waals surface area (Å²) < 4.78 is 5.37. The second kappa shape index (κ2) is 6.44. The van der Waals surface area contributed by atoms with Crippen molar-refractivity contribution in [2.45, 2.75) is 6.42 Å². The molecule has 0 bridgehead atoms. The lowest BCUT2D eigenvalue weighted by Gasteiger charge is -2.09. The summed E-state index contributed by atoms with van der Waals surface area (Å²) in [5.74, 6) is 0.405. The summed E-state index contributed by atoms with van der Waals surface area (Å²) in [5, 5.41) is 2.91. The molecule has 0 fully saturated rings. The van der Waals surface area contributed by atoms with Crippen LogP contribution in [0.25, 0.3) is 0 Å². The van der Waals surface area contributed by atoms with E-state index in [1.807, 2.05) is 14.1 Å². The highest BCUT2D eigenvalue weighted by atomic mass is 35.5. The molecule has 1 heterocycles. The van der Waals surface area contributed by atoms with Crippen molar-refractivity contribution >= 4 is 17.5 Å². The van der Waals surface area contributed by atoms with Gasteiger partial charge >= 0.3 is 6.01 Å². The molecule has 6 nitrogen and oxygen atoms in total. The van der Waals surface area contributed by atoms with Crippen LogP contribution in [0.15, 0.2) is 0 Å². The van der Waals surface area contributed by atoms with Crippen LogP contribution in [0.1, 0.15) is 6.42 Å². The van der Waals surface area contributed by atoms with Crippen LogP contribution in [0.2, 0.25) is 5.28 Å². The van der Waals surface area contributed by atoms with Gasteiger partial charge in [-0.1, -0.05) is 0 Å². The van der Waals surface area contributed by atoms with Crippen LogP contribution in [0, 0.1) is 0 Å². The standard InChI is InChI=1S/C9H16ClN5O/c1-11-8-12-7(10)13-9(14-8)16-6-4-5-15(2)3/h4-6H2,1-3H3,(H,11,12,13,14). The van der Waals surface area contributed by atoms with Gasteiger partial charge in [-0.3, -0.25) is 0 Å². The Bertz CT molecular complexity index is 334. The van der Waals surface area contributed by atoms with E-state index in [0.717, 1.165) is 13.0 Å². The first-order valence-electron chi connectivity index (χ1n) is 4.98. The van der Waals surface area contributed by atoms with Gasteiger partial charge in [0.05, 0.1) is 6.61 Å². The second-order valence-corrected chi connectivity index (χ2v) is 3.80. The minimum atomic E-state index is 0.127. The second-order valence-electron chi connectivity index (χ2n) is 3.47. The third-order valence-electron chi connectivity index (χ3n) is 1.79. The van der Waals surface area contributed by atoms with E-state index < -0.39 is 0 Å². The molecule has 0 amide bonds. The molecule has 90 valence electrons. The minimum absolute atomic E-state index is 0.127. The molecule has 0 saturated heterocycles. The number of rotatable bonds is 6. The van der Waals surface area contributed by atoms with Crippen molar-refractivity contribution in [1.82, 2.24) is 19.9 Å². The average Bonchev–Trinajstić information content (AvgIpc) is 2.23. The van der Waals surface area contributed by atoms with Gasteiger partial charge in [-0.25, -0.2) is 0 Å². The Morgan fingerprint density at radius 2 is 2.06 bits per heavy atom. The number of nitrogens with zero attached hydrogens (tertiary/aromatic N) is 4. The number of aromatic nitrogens is 3. The average molecular weight is 246 g/mol. The molecule has 0 aliphatic carbocycles. The lowest BCUT2D eigenvalue weighted by molar-refractivity contribution is 0.263. The summed E-state index contributed by atoms with van der Waals surface area (Å²) in [7, 11) is 5.74. The molecule has 0 aliphatic rings. The van der Waals surface area contributed by atoms with Crippen molar-refractivity contribution in [2.24, 2.45) is 0 Å². The topological polar surface area (TPSA) is 63.2 Å². The lowest BCUT2D eigenvalue weighted by atomic mass is 10.4. The highest BCUT2D eigenvalue weighted by Gasteiger charge is 2.04. The van der Waals surface area contributed by atoms with Gasteiger partial charge in [0.2, 0.25) is 11.2 Å². The van der Waals surface area contributed by atoms with Gasteiger partial charge in [-0.05, 0) is 32.1 Å². The molecule has 1 aromatic rings. The van der Waals surface area contributed by atoms with E-state index in [1.54, 1.807) is 7.05 Å². The number of ether oxygens (including phenoxy) is 1. The van der Waals surface area contributed by atoms with Gasteiger partial charge in [-0.2, -0.15) is 15.0 Å². The number of hydrogen-bond donors (Lipinski definition) is 1. The summed E-state index contributed by atoms with van der Waals surface area (Å²) in [4.78, 5) is 13.8. The molecule has 0 unspecified atom stereocenters. The van der Waals surface area contributed by atoms with E-state index in [-0.39, 0.29) is 11.3 Å². The predicted octanol–water partition coefficient (Wildman–Crippen LogP) is 0.897. The van der Waals surface area contributed by atoms with Crippen LogP contribution < -0.4 is 10.1 Å². The third kappa shape index (κ3) is 4.59. The van der Waals surface area contributed by atoms with Crippen LogP contribution in [-0.4, -0.2) is 54.1 Å². The Morgan fingerprint density at radius 1 is 1.31 bits per heavy atom. The molecule has 0 radical (unpaired) electrons. The Hall–Kier alpha value is -1.14. The van der Waals surface area contributed by atoms with Crippen LogP contribution in [0.5, 0.6) is 6.01 Å². The minimum Gasteiger partial charge on any atom is -0.463 e. The van der Waals surface area contributed by atoms with E-state index in [2.05, 4.69) is 25.2 Å². The first-order chi connectivity index (χ1) is 7.61. The number of hydrogen-bond acceptors (Lipinski definition) is 6. The SMILES string of the molecule is CNc1nc(Cl)nc(OCCCN(C)C)n1. The largest absolute Gasteiger partial charge is 0.463 e. The van der Waals surface area contributed by atoms with E-state index >= 15 is 0 Å². The van der Waals surface area contributed by atoms with E-state index in [4.69, 9.17) is 16.3 Å². The summed E-state index contributed by atoms with van der Waals surface area (Å²) in [6.07, 6.45) is 0.908. The maximum atomic E-state index is 5.70. The summed E-state index contributed by atoms with van der Waals surface area (Å²) in [5.41, 5.74) is 0. The van der Waals surface area contributed by atoms with Crippen molar-refractivity contribution in [2.75, 3.05) is 39.6 Å². The Kier molecular flexibility index (Phi) is 5.21. The van der Waals surface area contributed by atoms with Crippen molar-refractivity contribution in [3.05, 3.63) is 5.28 Å². The predicted molar refractivity (Wildman–Crippen MR) is 63.0 cm³/mol. The third-order valence-corrected chi connectivity index (χ3v) is 1.96. The maximum Gasteiger partial charge on any atom is 0.322 e. The molecule has 0 aromatic carbocycles. The van der Waals surface area contributed by atoms with Crippen LogP contribution in [0.4, 0.5) is 5.95 Å². The Morgan fingerprint density at radius 3 is 2.69 bits per heavy atom. The van der Waals surface area contributed by atoms with Crippen LogP contribution in [-0.2, 0) is 0 Å². The normalized spacial score (nSPS) is 10.6. The van der Waals surface area contributed by atoms with Gasteiger partial charge in [0.1, 0.15) is 0 Å². The molecule has 16 heavy (non-hydrogen) atoms. The zero-order valence-electron chi connectivity index (χ0n) is 9.70. The summed E-state index contributed by atoms with van der Waals surface area (Å²) in [6.45, 7) is 1.51. The van der Waals surface area contributed by atoms with Crippen molar-refractivity contribution in [3.8, 4) is 6.01 Å². The first kappa shape index (κ1) is 12.9. The smallest absolute Gasteiger partial charge is 0.322 e. The number of nitrogens with one attached hydrogen (secondary N) is 1. The molecule has 0 spiro atoms. The number of anilines is 1. The fraction of sp³-hybridized carbons (Fsp3) is 0.667. The molecular weight excluding hydrogens is 230 g/mol. The highest BCUT2D eigenvalue weighted by molar-refractivity contribution is 6.28. The fourth-order valence-electron chi connectivity index (χ4n) is 1.05. The van der Waals surface area contributed by atoms with E-state index in [1.165, 1.54) is 0 Å². The monoisotopic (exact) mass is 245 g/mol. The van der Waals surface area contributed by atoms with Gasteiger partial charge in [0.15, 0.2) is 0 Å². The molecule has 1 N–H and O–H groups in total. The van der Waals surface area contributed by atoms with Crippen LogP contribution in [0.3, 0.4) is 0 Å². The zero-order valence-corrected chi connectivity index (χ0v) is 10.5.